The number of rotatable bonds is 2. The average molecular weight is 302 g/mol. The molecule has 1 amide bonds. The number of aromatic nitrogens is 2. The van der Waals surface area contributed by atoms with Crippen LogP contribution in [-0.4, -0.2) is 15.9 Å². The van der Waals surface area contributed by atoms with Gasteiger partial charge < -0.3 is 5.32 Å². The van der Waals surface area contributed by atoms with E-state index in [-0.39, 0.29) is 5.91 Å². The van der Waals surface area contributed by atoms with Gasteiger partial charge in [-0.05, 0) is 40.2 Å². The summed E-state index contributed by atoms with van der Waals surface area (Å²) < 4.78 is 0.603. The lowest BCUT2D eigenvalue weighted by molar-refractivity contribution is 0.102. The van der Waals surface area contributed by atoms with Gasteiger partial charge in [0, 0.05) is 11.8 Å². The normalized spacial score (nSPS) is 9.56. The van der Waals surface area contributed by atoms with Crippen molar-refractivity contribution >= 4 is 27.7 Å². The number of nitrogens with zero attached hydrogens (tertiary/aromatic N) is 2. The summed E-state index contributed by atoms with van der Waals surface area (Å²) in [6, 6.07) is 8.45. The molecule has 0 saturated heterocycles. The van der Waals surface area contributed by atoms with Crippen LogP contribution in [0, 0.1) is 12.3 Å². The van der Waals surface area contributed by atoms with E-state index in [0.29, 0.717) is 21.7 Å². The molecule has 2 aromatic heterocycles. The fraction of sp³-hybridized carbons (Fsp3) is 0. The molecule has 0 saturated carbocycles. The predicted octanol–water partition coefficient (Wildman–Crippen LogP) is 2.47. The van der Waals surface area contributed by atoms with Crippen LogP contribution in [-0.2, 0) is 0 Å². The third kappa shape index (κ3) is 2.93. The van der Waals surface area contributed by atoms with Crippen LogP contribution in [0.2, 0.25) is 0 Å². The Bertz CT molecular complexity index is 617. The number of amides is 1. The Labute approximate surface area is 113 Å². The van der Waals surface area contributed by atoms with Gasteiger partial charge in [0.1, 0.15) is 16.1 Å². The van der Waals surface area contributed by atoms with Crippen molar-refractivity contribution in [3.05, 3.63) is 52.4 Å². The topological polar surface area (TPSA) is 54.9 Å². The first-order chi connectivity index (χ1) is 8.69. The Balaban J connectivity index is 2.14. The average Bonchev–Trinajstić information content (AvgIpc) is 2.39. The molecule has 18 heavy (non-hydrogen) atoms. The summed E-state index contributed by atoms with van der Waals surface area (Å²) >= 11 is 3.21. The first-order valence-electron chi connectivity index (χ1n) is 5.05. The summed E-state index contributed by atoms with van der Waals surface area (Å²) in [6.45, 7) is 0. The van der Waals surface area contributed by atoms with Crippen molar-refractivity contribution in [2.45, 2.75) is 0 Å². The molecule has 2 rings (SSSR count). The highest BCUT2D eigenvalue weighted by Gasteiger charge is 2.08. The minimum atomic E-state index is -0.322. The van der Waals surface area contributed by atoms with Crippen molar-refractivity contribution in [2.24, 2.45) is 0 Å². The van der Waals surface area contributed by atoms with Gasteiger partial charge >= 0.3 is 0 Å². The van der Waals surface area contributed by atoms with Crippen molar-refractivity contribution in [2.75, 3.05) is 5.32 Å². The summed E-state index contributed by atoms with van der Waals surface area (Å²) in [5.74, 6) is 2.56. The second kappa shape index (κ2) is 5.43. The largest absolute Gasteiger partial charge is 0.305 e. The monoisotopic (exact) mass is 301 g/mol. The lowest BCUT2D eigenvalue weighted by atomic mass is 10.3. The Morgan fingerprint density at radius 2 is 2.17 bits per heavy atom. The minimum absolute atomic E-state index is 0.312. The van der Waals surface area contributed by atoms with Crippen molar-refractivity contribution < 1.29 is 4.79 Å². The standard InChI is InChI=1S/C13H8BrN3O/c1-2-9-6-7-12(15-8-9)17-13(18)10-4-3-5-11(14)16-10/h1,3-8H,(H,15,17,18). The molecule has 4 nitrogen and oxygen atoms in total. The second-order valence-electron chi connectivity index (χ2n) is 3.38. The number of halogens is 1. The van der Waals surface area contributed by atoms with E-state index in [1.165, 1.54) is 6.20 Å². The molecular formula is C13H8BrN3O. The second-order valence-corrected chi connectivity index (χ2v) is 4.19. The van der Waals surface area contributed by atoms with Crippen LogP contribution in [0.1, 0.15) is 16.1 Å². The highest BCUT2D eigenvalue weighted by molar-refractivity contribution is 9.10. The molecule has 0 aliphatic heterocycles. The highest BCUT2D eigenvalue weighted by atomic mass is 79.9. The summed E-state index contributed by atoms with van der Waals surface area (Å²) in [5.41, 5.74) is 0.973. The van der Waals surface area contributed by atoms with E-state index in [0.717, 1.165) is 0 Å². The molecule has 0 aromatic carbocycles. The Kier molecular flexibility index (Phi) is 3.70. The van der Waals surface area contributed by atoms with Crippen molar-refractivity contribution in [1.82, 2.24) is 9.97 Å². The molecule has 88 valence electrons. The van der Waals surface area contributed by atoms with Gasteiger partial charge in [-0.1, -0.05) is 12.0 Å². The molecule has 0 aliphatic rings. The molecule has 2 heterocycles. The number of carbonyl (C=O) groups is 1. The number of hydrogen-bond donors (Lipinski definition) is 1. The Hall–Kier alpha value is -2.19. The van der Waals surface area contributed by atoms with Crippen LogP contribution < -0.4 is 5.32 Å². The van der Waals surface area contributed by atoms with Crippen LogP contribution in [0.4, 0.5) is 5.82 Å². The van der Waals surface area contributed by atoms with Crippen molar-refractivity contribution in [1.29, 1.82) is 0 Å². The van der Waals surface area contributed by atoms with E-state index in [2.05, 4.69) is 37.1 Å². The molecule has 0 spiro atoms. The van der Waals surface area contributed by atoms with Crippen molar-refractivity contribution in [3.8, 4) is 12.3 Å². The summed E-state index contributed by atoms with van der Waals surface area (Å²) in [7, 11) is 0. The maximum atomic E-state index is 11.8. The van der Waals surface area contributed by atoms with Gasteiger partial charge in [-0.2, -0.15) is 0 Å². The zero-order chi connectivity index (χ0) is 13.0. The Morgan fingerprint density at radius 3 is 2.78 bits per heavy atom. The van der Waals surface area contributed by atoms with Crippen LogP contribution in [0.3, 0.4) is 0 Å². The van der Waals surface area contributed by atoms with Crippen LogP contribution >= 0.6 is 15.9 Å². The molecule has 0 unspecified atom stereocenters. The first kappa shape index (κ1) is 12.3. The van der Waals surface area contributed by atoms with Crippen LogP contribution in [0.25, 0.3) is 0 Å². The molecule has 0 fully saturated rings. The third-order valence-corrected chi connectivity index (χ3v) is 2.56. The van der Waals surface area contributed by atoms with Gasteiger partial charge in [-0.3, -0.25) is 4.79 Å². The summed E-state index contributed by atoms with van der Waals surface area (Å²) in [4.78, 5) is 19.9. The summed E-state index contributed by atoms with van der Waals surface area (Å²) in [5, 5.41) is 2.63. The highest BCUT2D eigenvalue weighted by Crippen LogP contribution is 2.09. The molecule has 0 radical (unpaired) electrons. The molecule has 5 heteroatoms. The number of nitrogens with one attached hydrogen (secondary N) is 1. The first-order valence-corrected chi connectivity index (χ1v) is 5.85. The quantitative estimate of drug-likeness (QED) is 0.685. The van der Waals surface area contributed by atoms with E-state index in [1.54, 1.807) is 30.3 Å². The van der Waals surface area contributed by atoms with E-state index >= 15 is 0 Å². The minimum Gasteiger partial charge on any atom is -0.305 e. The van der Waals surface area contributed by atoms with E-state index in [4.69, 9.17) is 6.42 Å². The third-order valence-electron chi connectivity index (χ3n) is 2.12. The fourth-order valence-electron chi connectivity index (χ4n) is 1.27. The lowest BCUT2D eigenvalue weighted by Gasteiger charge is -2.03. The maximum absolute atomic E-state index is 11.8. The van der Waals surface area contributed by atoms with Gasteiger partial charge in [0.25, 0.3) is 5.91 Å². The van der Waals surface area contributed by atoms with E-state index in [1.807, 2.05) is 0 Å². The van der Waals surface area contributed by atoms with Gasteiger partial charge in [-0.25, -0.2) is 9.97 Å². The zero-order valence-electron chi connectivity index (χ0n) is 9.22. The van der Waals surface area contributed by atoms with E-state index < -0.39 is 0 Å². The smallest absolute Gasteiger partial charge is 0.275 e. The molecule has 0 aliphatic carbocycles. The molecule has 2 aromatic rings. The van der Waals surface area contributed by atoms with E-state index in [9.17, 15) is 4.79 Å². The van der Waals surface area contributed by atoms with Gasteiger partial charge in [-0.15, -0.1) is 6.42 Å². The molecule has 0 atom stereocenters. The van der Waals surface area contributed by atoms with Gasteiger partial charge in [0.2, 0.25) is 0 Å². The molecule has 0 bridgehead atoms. The predicted molar refractivity (Wildman–Crippen MR) is 72.1 cm³/mol. The Morgan fingerprint density at radius 1 is 1.33 bits per heavy atom. The number of anilines is 1. The van der Waals surface area contributed by atoms with Gasteiger partial charge in [0.05, 0.1) is 0 Å². The number of carbonyl (C=O) groups excluding carboxylic acids is 1. The number of pyridine rings is 2. The zero-order valence-corrected chi connectivity index (χ0v) is 10.8. The number of hydrogen-bond acceptors (Lipinski definition) is 3. The van der Waals surface area contributed by atoms with Crippen molar-refractivity contribution in [3.63, 3.8) is 0 Å². The maximum Gasteiger partial charge on any atom is 0.275 e. The summed E-state index contributed by atoms with van der Waals surface area (Å²) in [6.07, 6.45) is 6.73. The molecule has 1 N–H and O–H groups in total. The molecular weight excluding hydrogens is 294 g/mol. The van der Waals surface area contributed by atoms with Crippen LogP contribution in [0.5, 0.6) is 0 Å². The number of terminal acetylenes is 1. The lowest BCUT2D eigenvalue weighted by Crippen LogP contribution is -2.14. The van der Waals surface area contributed by atoms with Gasteiger partial charge in [0.15, 0.2) is 0 Å². The van der Waals surface area contributed by atoms with Crippen LogP contribution in [0.15, 0.2) is 41.1 Å². The SMILES string of the molecule is C#Cc1ccc(NC(=O)c2cccc(Br)n2)nc1. The fourth-order valence-corrected chi connectivity index (χ4v) is 1.61.